The van der Waals surface area contributed by atoms with Gasteiger partial charge in [0.2, 0.25) is 5.91 Å². The molecule has 0 aromatic heterocycles. The number of aliphatic imine (C=N–C) groups is 1. The van der Waals surface area contributed by atoms with Crippen LogP contribution in [-0.2, 0) is 16.0 Å². The number of rotatable bonds is 8. The molecule has 6 nitrogen and oxygen atoms in total. The van der Waals surface area contributed by atoms with Crippen molar-refractivity contribution in [2.24, 2.45) is 10.9 Å². The highest BCUT2D eigenvalue weighted by Crippen LogP contribution is 2.16. The Morgan fingerprint density at radius 2 is 2.12 bits per heavy atom. The van der Waals surface area contributed by atoms with Gasteiger partial charge in [-0.1, -0.05) is 30.3 Å². The molecule has 1 amide bonds. The number of amides is 1. The fourth-order valence-corrected chi connectivity index (χ4v) is 3.02. The Balaban J connectivity index is 1.76. The van der Waals surface area contributed by atoms with E-state index in [9.17, 15) is 4.79 Å². The summed E-state index contributed by atoms with van der Waals surface area (Å²) in [5.74, 6) is 1.31. The third kappa shape index (κ3) is 6.74. The van der Waals surface area contributed by atoms with Gasteiger partial charge in [-0.2, -0.15) is 0 Å². The number of carbonyl (C=O) groups is 1. The number of carbonyl (C=O) groups excluding carboxylic acids is 1. The summed E-state index contributed by atoms with van der Waals surface area (Å²) < 4.78 is 5.24. The summed E-state index contributed by atoms with van der Waals surface area (Å²) in [6.07, 6.45) is 1.93. The van der Waals surface area contributed by atoms with E-state index in [4.69, 9.17) is 4.74 Å². The first-order valence-electron chi connectivity index (χ1n) is 9.05. The Kier molecular flexibility index (Phi) is 8.25. The number of hydrogen-bond acceptors (Lipinski definition) is 3. The third-order valence-electron chi connectivity index (χ3n) is 4.27. The minimum Gasteiger partial charge on any atom is -0.384 e. The lowest BCUT2D eigenvalue weighted by atomic mass is 10.1. The minimum absolute atomic E-state index is 0.0426. The summed E-state index contributed by atoms with van der Waals surface area (Å²) in [7, 11) is 1.74. The van der Waals surface area contributed by atoms with Crippen molar-refractivity contribution in [3.8, 4) is 0 Å². The first-order valence-corrected chi connectivity index (χ1v) is 9.05. The fraction of sp³-hybridized carbons (Fsp3) is 0.579. The predicted octanol–water partition coefficient (Wildman–Crippen LogP) is 1.28. The van der Waals surface area contributed by atoms with E-state index in [2.05, 4.69) is 32.7 Å². The van der Waals surface area contributed by atoms with E-state index >= 15 is 0 Å². The highest BCUT2D eigenvalue weighted by molar-refractivity contribution is 5.85. The van der Waals surface area contributed by atoms with E-state index in [1.807, 2.05) is 25.1 Å². The molecule has 1 aliphatic rings. The van der Waals surface area contributed by atoms with Gasteiger partial charge >= 0.3 is 0 Å². The Labute approximate surface area is 150 Å². The lowest BCUT2D eigenvalue weighted by molar-refractivity contribution is -0.119. The minimum atomic E-state index is -0.0426. The van der Waals surface area contributed by atoms with Crippen LogP contribution in [0.25, 0.3) is 0 Å². The SMILES string of the molecule is CCNC(=NCC(=O)NCCc1ccccc1)N1CCC(COC)C1. The van der Waals surface area contributed by atoms with E-state index in [0.717, 1.165) is 45.0 Å². The molecule has 1 unspecified atom stereocenters. The molecule has 0 bridgehead atoms. The summed E-state index contributed by atoms with van der Waals surface area (Å²) in [4.78, 5) is 18.7. The van der Waals surface area contributed by atoms with Gasteiger partial charge in [0, 0.05) is 39.2 Å². The molecule has 138 valence electrons. The molecule has 1 aromatic rings. The summed E-state index contributed by atoms with van der Waals surface area (Å²) in [6, 6.07) is 10.2. The van der Waals surface area contributed by atoms with Crippen LogP contribution in [-0.4, -0.2) is 63.2 Å². The van der Waals surface area contributed by atoms with Crippen molar-refractivity contribution in [1.29, 1.82) is 0 Å². The predicted molar refractivity (Wildman–Crippen MR) is 101 cm³/mol. The Morgan fingerprint density at radius 3 is 2.84 bits per heavy atom. The normalized spacial score (nSPS) is 17.6. The Hall–Kier alpha value is -2.08. The maximum absolute atomic E-state index is 12.0. The van der Waals surface area contributed by atoms with Crippen LogP contribution in [0, 0.1) is 5.92 Å². The van der Waals surface area contributed by atoms with Gasteiger partial charge in [0.05, 0.1) is 6.61 Å². The van der Waals surface area contributed by atoms with Crippen LogP contribution in [0.2, 0.25) is 0 Å². The van der Waals surface area contributed by atoms with Crippen molar-refractivity contribution in [1.82, 2.24) is 15.5 Å². The van der Waals surface area contributed by atoms with Crippen molar-refractivity contribution in [2.45, 2.75) is 19.8 Å². The summed E-state index contributed by atoms with van der Waals surface area (Å²) in [5, 5.41) is 6.22. The van der Waals surface area contributed by atoms with Gasteiger partial charge in [-0.3, -0.25) is 4.79 Å². The molecule has 1 aliphatic heterocycles. The molecule has 1 heterocycles. The van der Waals surface area contributed by atoms with Crippen molar-refractivity contribution in [3.05, 3.63) is 35.9 Å². The zero-order valence-electron chi connectivity index (χ0n) is 15.3. The summed E-state index contributed by atoms with van der Waals surface area (Å²) >= 11 is 0. The van der Waals surface area contributed by atoms with E-state index in [1.54, 1.807) is 7.11 Å². The average molecular weight is 346 g/mol. The molecule has 2 rings (SSSR count). The maximum Gasteiger partial charge on any atom is 0.241 e. The summed E-state index contributed by atoms with van der Waals surface area (Å²) in [6.45, 7) is 6.27. The second-order valence-corrected chi connectivity index (χ2v) is 6.31. The molecule has 0 radical (unpaired) electrons. The second-order valence-electron chi connectivity index (χ2n) is 6.31. The second kappa shape index (κ2) is 10.7. The van der Waals surface area contributed by atoms with Crippen molar-refractivity contribution in [3.63, 3.8) is 0 Å². The number of ether oxygens (including phenoxy) is 1. The van der Waals surface area contributed by atoms with E-state index in [-0.39, 0.29) is 12.5 Å². The van der Waals surface area contributed by atoms with Gasteiger partial charge < -0.3 is 20.3 Å². The van der Waals surface area contributed by atoms with Gasteiger partial charge in [0.25, 0.3) is 0 Å². The number of benzene rings is 1. The Morgan fingerprint density at radius 1 is 1.32 bits per heavy atom. The molecular weight excluding hydrogens is 316 g/mol. The van der Waals surface area contributed by atoms with Crippen LogP contribution in [0.15, 0.2) is 35.3 Å². The highest BCUT2D eigenvalue weighted by atomic mass is 16.5. The van der Waals surface area contributed by atoms with Crippen molar-refractivity contribution >= 4 is 11.9 Å². The molecular formula is C19H30N4O2. The van der Waals surface area contributed by atoms with E-state index in [1.165, 1.54) is 5.56 Å². The standard InChI is InChI=1S/C19H30N4O2/c1-3-20-19(23-12-10-17(14-23)15-25-2)22-13-18(24)21-11-9-16-7-5-4-6-8-16/h4-8,17H,3,9-15H2,1-2H3,(H,20,22)(H,21,24). The topological polar surface area (TPSA) is 66.0 Å². The molecule has 0 spiro atoms. The number of guanidine groups is 1. The fourth-order valence-electron chi connectivity index (χ4n) is 3.02. The number of hydrogen-bond donors (Lipinski definition) is 2. The molecule has 0 saturated carbocycles. The number of likely N-dealkylation sites (tertiary alicyclic amines) is 1. The lowest BCUT2D eigenvalue weighted by Crippen LogP contribution is -2.41. The van der Waals surface area contributed by atoms with E-state index < -0.39 is 0 Å². The molecule has 1 atom stereocenters. The van der Waals surface area contributed by atoms with Crippen molar-refractivity contribution in [2.75, 3.05) is 46.4 Å². The van der Waals surface area contributed by atoms with E-state index in [0.29, 0.717) is 12.5 Å². The van der Waals surface area contributed by atoms with Gasteiger partial charge in [-0.15, -0.1) is 0 Å². The lowest BCUT2D eigenvalue weighted by Gasteiger charge is -2.21. The maximum atomic E-state index is 12.0. The first kappa shape index (κ1) is 19.2. The van der Waals surface area contributed by atoms with Crippen LogP contribution >= 0.6 is 0 Å². The molecule has 1 fully saturated rings. The Bertz CT molecular complexity index is 548. The molecule has 25 heavy (non-hydrogen) atoms. The molecule has 1 aromatic carbocycles. The monoisotopic (exact) mass is 346 g/mol. The van der Waals surface area contributed by atoms with Crippen LogP contribution in [0.1, 0.15) is 18.9 Å². The largest absolute Gasteiger partial charge is 0.384 e. The van der Waals surface area contributed by atoms with Crippen molar-refractivity contribution < 1.29 is 9.53 Å². The van der Waals surface area contributed by atoms with Gasteiger partial charge in [-0.05, 0) is 25.3 Å². The van der Waals surface area contributed by atoms with Gasteiger partial charge in [0.15, 0.2) is 5.96 Å². The molecule has 6 heteroatoms. The zero-order chi connectivity index (χ0) is 17.9. The van der Waals surface area contributed by atoms with Gasteiger partial charge in [-0.25, -0.2) is 4.99 Å². The third-order valence-corrected chi connectivity index (χ3v) is 4.27. The number of methoxy groups -OCH3 is 1. The number of nitrogens with zero attached hydrogens (tertiary/aromatic N) is 2. The summed E-state index contributed by atoms with van der Waals surface area (Å²) in [5.41, 5.74) is 1.22. The highest BCUT2D eigenvalue weighted by Gasteiger charge is 2.24. The van der Waals surface area contributed by atoms with Crippen LogP contribution < -0.4 is 10.6 Å². The smallest absolute Gasteiger partial charge is 0.241 e. The van der Waals surface area contributed by atoms with Crippen LogP contribution in [0.5, 0.6) is 0 Å². The number of nitrogens with one attached hydrogen (secondary N) is 2. The zero-order valence-corrected chi connectivity index (χ0v) is 15.3. The molecule has 2 N–H and O–H groups in total. The van der Waals surface area contributed by atoms with Crippen LogP contribution in [0.4, 0.5) is 0 Å². The average Bonchev–Trinajstić information content (AvgIpc) is 3.08. The van der Waals surface area contributed by atoms with Crippen LogP contribution in [0.3, 0.4) is 0 Å². The molecule has 0 aliphatic carbocycles. The quantitative estimate of drug-likeness (QED) is 0.550. The van der Waals surface area contributed by atoms with Gasteiger partial charge in [0.1, 0.15) is 6.54 Å². The molecule has 1 saturated heterocycles. The first-order chi connectivity index (χ1) is 12.2.